The van der Waals surface area contributed by atoms with E-state index in [0.717, 1.165) is 23.3 Å². The van der Waals surface area contributed by atoms with Crippen LogP contribution in [-0.2, 0) is 6.42 Å². The Morgan fingerprint density at radius 2 is 1.95 bits per heavy atom. The van der Waals surface area contributed by atoms with Gasteiger partial charge in [-0.25, -0.2) is 0 Å². The van der Waals surface area contributed by atoms with E-state index >= 15 is 0 Å². The maximum absolute atomic E-state index is 10.3. The number of benzene rings is 2. The Morgan fingerprint density at radius 3 is 2.74 bits per heavy atom. The van der Waals surface area contributed by atoms with Gasteiger partial charge in [0.25, 0.3) is 0 Å². The molecule has 1 unspecified atom stereocenters. The van der Waals surface area contributed by atoms with Crippen molar-refractivity contribution < 1.29 is 9.84 Å². The Bertz CT molecular complexity index is 563. The van der Waals surface area contributed by atoms with Crippen LogP contribution < -0.4 is 4.74 Å². The zero-order valence-electron chi connectivity index (χ0n) is 11.0. The zero-order valence-corrected chi connectivity index (χ0v) is 11.0. The van der Waals surface area contributed by atoms with Gasteiger partial charge in [0.2, 0.25) is 0 Å². The van der Waals surface area contributed by atoms with Crippen molar-refractivity contribution in [3.63, 3.8) is 0 Å². The van der Waals surface area contributed by atoms with Crippen LogP contribution in [0.2, 0.25) is 0 Å². The van der Waals surface area contributed by atoms with Gasteiger partial charge in [0.15, 0.2) is 0 Å². The summed E-state index contributed by atoms with van der Waals surface area (Å²) in [6.45, 7) is 2.03. The molecule has 0 saturated heterocycles. The maximum Gasteiger partial charge on any atom is 0.125 e. The normalized spacial score (nSPS) is 21.6. The lowest BCUT2D eigenvalue weighted by Gasteiger charge is -2.30. The lowest BCUT2D eigenvalue weighted by atomic mass is 9.94. The Labute approximate surface area is 113 Å². The average molecular weight is 254 g/mol. The molecule has 0 aromatic heterocycles. The third-order valence-corrected chi connectivity index (χ3v) is 3.61. The molecule has 0 saturated carbocycles. The second-order valence-electron chi connectivity index (χ2n) is 5.22. The smallest absolute Gasteiger partial charge is 0.125 e. The molecule has 98 valence electrons. The van der Waals surface area contributed by atoms with Gasteiger partial charge in [-0.15, -0.1) is 0 Å². The van der Waals surface area contributed by atoms with Gasteiger partial charge in [0.1, 0.15) is 11.9 Å². The summed E-state index contributed by atoms with van der Waals surface area (Å²) in [4.78, 5) is 0. The summed E-state index contributed by atoms with van der Waals surface area (Å²) in [5.74, 6) is 0.824. The fourth-order valence-electron chi connectivity index (χ4n) is 2.64. The van der Waals surface area contributed by atoms with E-state index in [1.807, 2.05) is 43.3 Å². The second kappa shape index (κ2) is 5.06. The largest absolute Gasteiger partial charge is 0.490 e. The molecule has 1 aliphatic heterocycles. The quantitative estimate of drug-likeness (QED) is 0.889. The molecule has 0 aliphatic carbocycles. The van der Waals surface area contributed by atoms with Crippen LogP contribution in [0.15, 0.2) is 48.5 Å². The molecule has 2 aromatic rings. The highest BCUT2D eigenvalue weighted by molar-refractivity contribution is 5.40. The molecule has 0 bridgehead atoms. The molecule has 1 N–H and O–H groups in total. The van der Waals surface area contributed by atoms with E-state index in [1.165, 1.54) is 5.56 Å². The predicted molar refractivity (Wildman–Crippen MR) is 75.3 cm³/mol. The molecule has 1 heterocycles. The van der Waals surface area contributed by atoms with Crippen LogP contribution in [0.3, 0.4) is 0 Å². The first kappa shape index (κ1) is 12.2. The Morgan fingerprint density at radius 1 is 1.16 bits per heavy atom. The average Bonchev–Trinajstić information content (AvgIpc) is 2.41. The third-order valence-electron chi connectivity index (χ3n) is 3.61. The summed E-state index contributed by atoms with van der Waals surface area (Å²) in [7, 11) is 0. The second-order valence-corrected chi connectivity index (χ2v) is 5.22. The van der Waals surface area contributed by atoms with Crippen molar-refractivity contribution in [2.45, 2.75) is 32.0 Å². The maximum atomic E-state index is 10.3. The van der Waals surface area contributed by atoms with E-state index < -0.39 is 6.10 Å². The van der Waals surface area contributed by atoms with Crippen molar-refractivity contribution in [3.8, 4) is 5.75 Å². The zero-order chi connectivity index (χ0) is 13.2. The summed E-state index contributed by atoms with van der Waals surface area (Å²) in [5, 5.41) is 10.3. The molecule has 0 radical (unpaired) electrons. The predicted octanol–water partition coefficient (Wildman–Crippen LogP) is 3.42. The Hall–Kier alpha value is -1.80. The molecular formula is C17H18O2. The van der Waals surface area contributed by atoms with Crippen LogP contribution in [0.4, 0.5) is 0 Å². The fraction of sp³-hybridized carbons (Fsp3) is 0.294. The van der Waals surface area contributed by atoms with Crippen LogP contribution in [-0.4, -0.2) is 11.2 Å². The van der Waals surface area contributed by atoms with E-state index in [4.69, 9.17) is 4.74 Å². The van der Waals surface area contributed by atoms with Crippen LogP contribution >= 0.6 is 0 Å². The van der Waals surface area contributed by atoms with Gasteiger partial charge in [0.05, 0.1) is 6.10 Å². The minimum Gasteiger partial charge on any atom is -0.490 e. The van der Waals surface area contributed by atoms with Gasteiger partial charge in [-0.05, 0) is 24.6 Å². The van der Waals surface area contributed by atoms with Crippen molar-refractivity contribution in [1.29, 1.82) is 0 Å². The van der Waals surface area contributed by atoms with Gasteiger partial charge in [-0.1, -0.05) is 42.0 Å². The summed E-state index contributed by atoms with van der Waals surface area (Å²) in [6.07, 6.45) is 1.13. The van der Waals surface area contributed by atoms with Crippen LogP contribution in [0.25, 0.3) is 0 Å². The molecule has 0 fully saturated rings. The number of fused-ring (bicyclic) bond motifs is 1. The number of aliphatic hydroxyl groups is 1. The SMILES string of the molecule is Cc1ccc2c(c1)[C@@H](O)CC(Cc1ccccc1)O2. The molecule has 2 atom stereocenters. The molecule has 0 amide bonds. The van der Waals surface area contributed by atoms with E-state index in [2.05, 4.69) is 12.1 Å². The summed E-state index contributed by atoms with van der Waals surface area (Å²) >= 11 is 0. The van der Waals surface area contributed by atoms with Crippen molar-refractivity contribution in [3.05, 3.63) is 65.2 Å². The topological polar surface area (TPSA) is 29.5 Å². The Kier molecular flexibility index (Phi) is 3.26. The fourth-order valence-corrected chi connectivity index (χ4v) is 2.64. The van der Waals surface area contributed by atoms with Crippen molar-refractivity contribution in [1.82, 2.24) is 0 Å². The third kappa shape index (κ3) is 2.64. The van der Waals surface area contributed by atoms with Crippen LogP contribution in [0.5, 0.6) is 5.75 Å². The highest BCUT2D eigenvalue weighted by Crippen LogP contribution is 2.36. The number of hydrogen-bond donors (Lipinski definition) is 1. The lowest BCUT2D eigenvalue weighted by Crippen LogP contribution is -2.27. The Balaban J connectivity index is 1.80. The number of aliphatic hydroxyl groups excluding tert-OH is 1. The molecule has 2 nitrogen and oxygen atoms in total. The van der Waals surface area contributed by atoms with Gasteiger partial charge in [-0.3, -0.25) is 0 Å². The van der Waals surface area contributed by atoms with Gasteiger partial charge < -0.3 is 9.84 Å². The van der Waals surface area contributed by atoms with Gasteiger partial charge in [-0.2, -0.15) is 0 Å². The number of rotatable bonds is 2. The molecule has 2 aromatic carbocycles. The molecule has 1 aliphatic rings. The molecular weight excluding hydrogens is 236 g/mol. The van der Waals surface area contributed by atoms with Crippen LogP contribution in [0.1, 0.15) is 29.2 Å². The number of aryl methyl sites for hydroxylation is 1. The molecule has 0 spiro atoms. The number of hydrogen-bond acceptors (Lipinski definition) is 2. The van der Waals surface area contributed by atoms with E-state index in [0.29, 0.717) is 6.42 Å². The van der Waals surface area contributed by atoms with Crippen molar-refractivity contribution >= 4 is 0 Å². The van der Waals surface area contributed by atoms with E-state index in [9.17, 15) is 5.11 Å². The van der Waals surface area contributed by atoms with Crippen molar-refractivity contribution in [2.75, 3.05) is 0 Å². The summed E-state index contributed by atoms with van der Waals surface area (Å²) in [6, 6.07) is 16.3. The lowest BCUT2D eigenvalue weighted by molar-refractivity contribution is 0.0662. The summed E-state index contributed by atoms with van der Waals surface area (Å²) in [5.41, 5.74) is 3.32. The number of ether oxygens (including phenoxy) is 1. The molecule has 3 rings (SSSR count). The first-order chi connectivity index (χ1) is 9.22. The minimum atomic E-state index is -0.419. The highest BCUT2D eigenvalue weighted by atomic mass is 16.5. The monoisotopic (exact) mass is 254 g/mol. The first-order valence-corrected chi connectivity index (χ1v) is 6.71. The van der Waals surface area contributed by atoms with E-state index in [1.54, 1.807) is 0 Å². The minimum absolute atomic E-state index is 0.0487. The van der Waals surface area contributed by atoms with E-state index in [-0.39, 0.29) is 6.10 Å². The standard InChI is InChI=1S/C17H18O2/c1-12-7-8-17-15(9-12)16(18)11-14(19-17)10-13-5-3-2-4-6-13/h2-9,14,16,18H,10-11H2,1H3/t14?,16-/m0/s1. The van der Waals surface area contributed by atoms with Crippen LogP contribution in [0, 0.1) is 6.92 Å². The first-order valence-electron chi connectivity index (χ1n) is 6.71. The van der Waals surface area contributed by atoms with Gasteiger partial charge >= 0.3 is 0 Å². The van der Waals surface area contributed by atoms with Gasteiger partial charge in [0, 0.05) is 18.4 Å². The summed E-state index contributed by atoms with van der Waals surface area (Å²) < 4.78 is 6.00. The van der Waals surface area contributed by atoms with Crippen molar-refractivity contribution in [2.24, 2.45) is 0 Å². The molecule has 19 heavy (non-hydrogen) atoms. The molecule has 2 heteroatoms. The highest BCUT2D eigenvalue weighted by Gasteiger charge is 2.26.